The van der Waals surface area contributed by atoms with Crippen molar-refractivity contribution in [1.29, 1.82) is 0 Å². The van der Waals surface area contributed by atoms with E-state index in [4.69, 9.17) is 4.74 Å². The highest BCUT2D eigenvalue weighted by molar-refractivity contribution is 5.46. The summed E-state index contributed by atoms with van der Waals surface area (Å²) in [5, 5.41) is 3.30. The summed E-state index contributed by atoms with van der Waals surface area (Å²) >= 11 is 0. The molecule has 0 spiro atoms. The molecule has 0 saturated carbocycles. The van der Waals surface area contributed by atoms with E-state index in [0.717, 1.165) is 16.8 Å². The number of ether oxygens (including phenoxy) is 1. The Morgan fingerprint density at radius 1 is 1.06 bits per heavy atom. The summed E-state index contributed by atoms with van der Waals surface area (Å²) in [5.74, 6) is -0.208. The highest BCUT2D eigenvalue weighted by Gasteiger charge is 1.97. The van der Waals surface area contributed by atoms with Crippen LogP contribution >= 0.6 is 0 Å². The van der Waals surface area contributed by atoms with Crippen molar-refractivity contribution in [3.8, 4) is 0 Å². The molecule has 18 heavy (non-hydrogen) atoms. The molecule has 2 aromatic carbocycles. The van der Waals surface area contributed by atoms with Gasteiger partial charge < -0.3 is 10.1 Å². The standard InChI is InChI=1S/C15H16FNO/c1-18-11-13-3-2-4-15(9-13)17-10-12-5-7-14(16)8-6-12/h2-9,17H,10-11H2,1H3. The Kier molecular flexibility index (Phi) is 4.31. The molecule has 2 aromatic rings. The molecule has 3 heteroatoms. The van der Waals surface area contributed by atoms with E-state index >= 15 is 0 Å². The van der Waals surface area contributed by atoms with Gasteiger partial charge in [-0.1, -0.05) is 24.3 Å². The van der Waals surface area contributed by atoms with Crippen LogP contribution in [0, 0.1) is 5.82 Å². The molecule has 2 nitrogen and oxygen atoms in total. The minimum Gasteiger partial charge on any atom is -0.381 e. The van der Waals surface area contributed by atoms with Crippen LogP contribution in [0.3, 0.4) is 0 Å². The van der Waals surface area contributed by atoms with Crippen molar-refractivity contribution in [3.63, 3.8) is 0 Å². The third-order valence-electron chi connectivity index (χ3n) is 2.65. The van der Waals surface area contributed by atoms with Gasteiger partial charge in [-0.2, -0.15) is 0 Å². The van der Waals surface area contributed by atoms with Gasteiger partial charge in [0.2, 0.25) is 0 Å². The van der Waals surface area contributed by atoms with Crippen molar-refractivity contribution in [2.45, 2.75) is 13.2 Å². The predicted molar refractivity (Wildman–Crippen MR) is 70.9 cm³/mol. The lowest BCUT2D eigenvalue weighted by Gasteiger charge is -2.08. The normalized spacial score (nSPS) is 10.3. The lowest BCUT2D eigenvalue weighted by molar-refractivity contribution is 0.185. The van der Waals surface area contributed by atoms with Crippen LogP contribution < -0.4 is 5.32 Å². The first kappa shape index (κ1) is 12.6. The highest BCUT2D eigenvalue weighted by atomic mass is 19.1. The fourth-order valence-electron chi connectivity index (χ4n) is 1.74. The van der Waals surface area contributed by atoms with Gasteiger partial charge in [0.15, 0.2) is 0 Å². The first-order chi connectivity index (χ1) is 8.78. The Hall–Kier alpha value is -1.87. The Morgan fingerprint density at radius 3 is 2.56 bits per heavy atom. The Bertz CT molecular complexity index is 496. The monoisotopic (exact) mass is 245 g/mol. The number of benzene rings is 2. The molecule has 0 aliphatic heterocycles. The summed E-state index contributed by atoms with van der Waals surface area (Å²) in [5.41, 5.74) is 3.21. The van der Waals surface area contributed by atoms with Crippen LogP contribution in [0.15, 0.2) is 48.5 Å². The average Bonchev–Trinajstić information content (AvgIpc) is 2.39. The van der Waals surface area contributed by atoms with E-state index in [-0.39, 0.29) is 5.82 Å². The zero-order valence-electron chi connectivity index (χ0n) is 10.3. The summed E-state index contributed by atoms with van der Waals surface area (Å²) in [4.78, 5) is 0. The topological polar surface area (TPSA) is 21.3 Å². The first-order valence-electron chi connectivity index (χ1n) is 5.84. The molecule has 0 aromatic heterocycles. The third-order valence-corrected chi connectivity index (χ3v) is 2.65. The molecule has 0 amide bonds. The molecule has 0 aliphatic carbocycles. The molecule has 94 valence electrons. The van der Waals surface area contributed by atoms with Gasteiger partial charge in [-0.25, -0.2) is 4.39 Å². The number of halogens is 1. The number of rotatable bonds is 5. The smallest absolute Gasteiger partial charge is 0.123 e. The van der Waals surface area contributed by atoms with Gasteiger partial charge in [-0.05, 0) is 35.4 Å². The highest BCUT2D eigenvalue weighted by Crippen LogP contribution is 2.13. The molecular formula is C15H16FNO. The first-order valence-corrected chi connectivity index (χ1v) is 5.84. The van der Waals surface area contributed by atoms with Crippen molar-refractivity contribution in [2.75, 3.05) is 12.4 Å². The van der Waals surface area contributed by atoms with E-state index < -0.39 is 0 Å². The number of hydrogen-bond donors (Lipinski definition) is 1. The molecule has 1 N–H and O–H groups in total. The maximum absolute atomic E-state index is 12.8. The second kappa shape index (κ2) is 6.17. The number of methoxy groups -OCH3 is 1. The summed E-state index contributed by atoms with van der Waals surface area (Å²) in [6.07, 6.45) is 0. The van der Waals surface area contributed by atoms with Crippen molar-refractivity contribution in [1.82, 2.24) is 0 Å². The van der Waals surface area contributed by atoms with Gasteiger partial charge >= 0.3 is 0 Å². The summed E-state index contributed by atoms with van der Waals surface area (Å²) in [6.45, 7) is 1.28. The summed E-state index contributed by atoms with van der Waals surface area (Å²) < 4.78 is 17.8. The maximum atomic E-state index is 12.8. The van der Waals surface area contributed by atoms with E-state index in [1.165, 1.54) is 12.1 Å². The van der Waals surface area contributed by atoms with Gasteiger partial charge in [-0.3, -0.25) is 0 Å². The quantitative estimate of drug-likeness (QED) is 0.869. The summed E-state index contributed by atoms with van der Waals surface area (Å²) in [7, 11) is 1.68. The third kappa shape index (κ3) is 3.57. The van der Waals surface area contributed by atoms with Gasteiger partial charge in [0.1, 0.15) is 5.82 Å². The zero-order chi connectivity index (χ0) is 12.8. The van der Waals surface area contributed by atoms with Crippen LogP contribution in [0.1, 0.15) is 11.1 Å². The second-order valence-corrected chi connectivity index (χ2v) is 4.11. The van der Waals surface area contributed by atoms with Gasteiger partial charge in [-0.15, -0.1) is 0 Å². The molecule has 0 saturated heterocycles. The van der Waals surface area contributed by atoms with Crippen molar-refractivity contribution >= 4 is 5.69 Å². The molecule has 2 rings (SSSR count). The molecule has 0 aliphatic rings. The number of nitrogens with one attached hydrogen (secondary N) is 1. The van der Waals surface area contributed by atoms with E-state index in [1.807, 2.05) is 24.3 Å². The molecule has 0 bridgehead atoms. The van der Waals surface area contributed by atoms with Crippen LogP contribution in [-0.4, -0.2) is 7.11 Å². The van der Waals surface area contributed by atoms with E-state index in [9.17, 15) is 4.39 Å². The lowest BCUT2D eigenvalue weighted by Crippen LogP contribution is -2.00. The van der Waals surface area contributed by atoms with Gasteiger partial charge in [0.05, 0.1) is 6.61 Å². The SMILES string of the molecule is COCc1cccc(NCc2ccc(F)cc2)c1. The van der Waals surface area contributed by atoms with E-state index in [0.29, 0.717) is 13.2 Å². The Balaban J connectivity index is 1.97. The lowest BCUT2D eigenvalue weighted by atomic mass is 10.2. The van der Waals surface area contributed by atoms with Crippen LogP contribution in [0.5, 0.6) is 0 Å². The fourth-order valence-corrected chi connectivity index (χ4v) is 1.74. The molecule has 0 heterocycles. The van der Waals surface area contributed by atoms with Gasteiger partial charge in [0, 0.05) is 19.3 Å². The average molecular weight is 245 g/mol. The number of hydrogen-bond acceptors (Lipinski definition) is 2. The van der Waals surface area contributed by atoms with Crippen LogP contribution in [0.25, 0.3) is 0 Å². The fraction of sp³-hybridized carbons (Fsp3) is 0.200. The molecule has 0 atom stereocenters. The second-order valence-electron chi connectivity index (χ2n) is 4.11. The van der Waals surface area contributed by atoms with Gasteiger partial charge in [0.25, 0.3) is 0 Å². The Morgan fingerprint density at radius 2 is 1.83 bits per heavy atom. The van der Waals surface area contributed by atoms with Crippen LogP contribution in [0.2, 0.25) is 0 Å². The van der Waals surface area contributed by atoms with Crippen molar-refractivity contribution < 1.29 is 9.13 Å². The van der Waals surface area contributed by atoms with Crippen LogP contribution in [0.4, 0.5) is 10.1 Å². The van der Waals surface area contributed by atoms with Crippen molar-refractivity contribution in [2.24, 2.45) is 0 Å². The van der Waals surface area contributed by atoms with E-state index in [1.54, 1.807) is 19.2 Å². The minimum absolute atomic E-state index is 0.208. The summed E-state index contributed by atoms with van der Waals surface area (Å²) in [6, 6.07) is 14.6. The molecule has 0 fully saturated rings. The molecular weight excluding hydrogens is 229 g/mol. The van der Waals surface area contributed by atoms with E-state index in [2.05, 4.69) is 5.32 Å². The van der Waals surface area contributed by atoms with Crippen molar-refractivity contribution in [3.05, 3.63) is 65.5 Å². The molecule has 0 unspecified atom stereocenters. The van der Waals surface area contributed by atoms with Crippen LogP contribution in [-0.2, 0) is 17.9 Å². The molecule has 0 radical (unpaired) electrons. The Labute approximate surface area is 106 Å². The number of anilines is 1. The largest absolute Gasteiger partial charge is 0.381 e. The predicted octanol–water partition coefficient (Wildman–Crippen LogP) is 3.58. The maximum Gasteiger partial charge on any atom is 0.123 e. The minimum atomic E-state index is -0.208. The zero-order valence-corrected chi connectivity index (χ0v) is 10.3.